The summed E-state index contributed by atoms with van der Waals surface area (Å²) in [5, 5.41) is 14.5. The fourth-order valence-electron chi connectivity index (χ4n) is 3.34. The second-order valence-electron chi connectivity index (χ2n) is 6.41. The van der Waals surface area contributed by atoms with Gasteiger partial charge in [-0.2, -0.15) is 0 Å². The van der Waals surface area contributed by atoms with Crippen molar-refractivity contribution in [1.82, 2.24) is 20.1 Å². The Labute approximate surface area is 166 Å². The number of carbonyl (C=O) groups is 1. The van der Waals surface area contributed by atoms with Gasteiger partial charge in [0.2, 0.25) is 5.91 Å². The van der Waals surface area contributed by atoms with Gasteiger partial charge in [-0.1, -0.05) is 48.2 Å². The van der Waals surface area contributed by atoms with Crippen molar-refractivity contribution in [1.29, 1.82) is 0 Å². The van der Waals surface area contributed by atoms with E-state index < -0.39 is 0 Å². The predicted molar refractivity (Wildman–Crippen MR) is 110 cm³/mol. The quantitative estimate of drug-likeness (QED) is 0.490. The molecule has 0 saturated heterocycles. The Bertz CT molecular complexity index is 924. The van der Waals surface area contributed by atoms with Crippen LogP contribution < -0.4 is 5.32 Å². The maximum atomic E-state index is 12.4. The van der Waals surface area contributed by atoms with Gasteiger partial charge in [0.25, 0.3) is 0 Å². The Balaban J connectivity index is 1.37. The molecule has 5 nitrogen and oxygen atoms in total. The van der Waals surface area contributed by atoms with Crippen LogP contribution in [0.3, 0.4) is 0 Å². The maximum Gasteiger partial charge on any atom is 0.230 e. The first-order valence-corrected chi connectivity index (χ1v) is 10.7. The summed E-state index contributed by atoms with van der Waals surface area (Å²) in [6, 6.07) is 12.6. The van der Waals surface area contributed by atoms with Crippen LogP contribution in [-0.2, 0) is 24.2 Å². The van der Waals surface area contributed by atoms with Crippen LogP contribution in [0.5, 0.6) is 0 Å². The van der Waals surface area contributed by atoms with Crippen molar-refractivity contribution in [3.63, 3.8) is 0 Å². The fourth-order valence-corrected chi connectivity index (χ4v) is 4.81. The molecule has 7 heteroatoms. The largest absolute Gasteiger partial charge is 0.352 e. The van der Waals surface area contributed by atoms with E-state index in [0.717, 1.165) is 28.7 Å². The minimum atomic E-state index is 0.0311. The molecule has 0 unspecified atom stereocenters. The van der Waals surface area contributed by atoms with E-state index in [-0.39, 0.29) is 11.9 Å². The first kappa shape index (κ1) is 18.0. The van der Waals surface area contributed by atoms with E-state index in [1.807, 2.05) is 28.2 Å². The lowest BCUT2D eigenvalue weighted by molar-refractivity contribution is -0.119. The van der Waals surface area contributed by atoms with Gasteiger partial charge >= 0.3 is 0 Å². The highest BCUT2D eigenvalue weighted by Gasteiger charge is 2.23. The van der Waals surface area contributed by atoms with Crippen LogP contribution in [0.15, 0.2) is 59.6 Å². The average molecular weight is 397 g/mol. The third-order valence-corrected chi connectivity index (χ3v) is 6.35. The van der Waals surface area contributed by atoms with Crippen LogP contribution in [0.2, 0.25) is 0 Å². The number of aromatic nitrogens is 3. The first-order valence-electron chi connectivity index (χ1n) is 8.81. The predicted octanol–water partition coefficient (Wildman–Crippen LogP) is 3.57. The van der Waals surface area contributed by atoms with E-state index in [1.54, 1.807) is 11.3 Å². The van der Waals surface area contributed by atoms with Gasteiger partial charge in [0.1, 0.15) is 0 Å². The highest BCUT2D eigenvalue weighted by Crippen LogP contribution is 2.27. The normalized spacial score (nSPS) is 13.5. The number of amides is 1. The number of nitrogens with one attached hydrogen (secondary N) is 1. The van der Waals surface area contributed by atoms with Crippen molar-refractivity contribution >= 4 is 29.0 Å². The molecule has 0 saturated carbocycles. The summed E-state index contributed by atoms with van der Waals surface area (Å²) in [5.74, 6) is 1.18. The van der Waals surface area contributed by atoms with Crippen LogP contribution >= 0.6 is 23.1 Å². The molecule has 1 aliphatic carbocycles. The van der Waals surface area contributed by atoms with Crippen molar-refractivity contribution in [2.75, 3.05) is 5.75 Å². The van der Waals surface area contributed by atoms with Crippen molar-refractivity contribution in [3.05, 3.63) is 65.6 Å². The summed E-state index contributed by atoms with van der Waals surface area (Å²) in [4.78, 5) is 13.5. The zero-order chi connectivity index (χ0) is 18.6. The van der Waals surface area contributed by atoms with Crippen LogP contribution in [0.4, 0.5) is 0 Å². The van der Waals surface area contributed by atoms with Gasteiger partial charge < -0.3 is 5.32 Å². The SMILES string of the molecule is C=CCn1c(SCC(=O)NC2Cc3ccccc3C2)nnc1-c1cccs1. The minimum absolute atomic E-state index is 0.0311. The summed E-state index contributed by atoms with van der Waals surface area (Å²) >= 11 is 3.04. The monoisotopic (exact) mass is 396 g/mol. The van der Waals surface area contributed by atoms with E-state index in [1.165, 1.54) is 22.9 Å². The number of hydrogen-bond donors (Lipinski definition) is 1. The number of thiophene rings is 1. The lowest BCUT2D eigenvalue weighted by Crippen LogP contribution is -2.36. The molecule has 0 radical (unpaired) electrons. The Kier molecular flexibility index (Phi) is 5.40. The Morgan fingerprint density at radius 3 is 2.70 bits per heavy atom. The molecule has 2 heterocycles. The number of benzene rings is 1. The summed E-state index contributed by atoms with van der Waals surface area (Å²) < 4.78 is 2.00. The number of rotatable bonds is 7. The third-order valence-electron chi connectivity index (χ3n) is 4.52. The Hall–Kier alpha value is -2.38. The molecule has 0 fully saturated rings. The Morgan fingerprint density at radius 1 is 1.26 bits per heavy atom. The molecule has 0 aliphatic heterocycles. The second-order valence-corrected chi connectivity index (χ2v) is 8.30. The molecule has 4 rings (SSSR count). The molecule has 1 aliphatic rings. The molecule has 1 N–H and O–H groups in total. The molecule has 27 heavy (non-hydrogen) atoms. The summed E-state index contributed by atoms with van der Waals surface area (Å²) in [6.07, 6.45) is 3.63. The molecular weight excluding hydrogens is 376 g/mol. The van der Waals surface area contributed by atoms with Crippen LogP contribution in [0, 0.1) is 0 Å². The summed E-state index contributed by atoms with van der Waals surface area (Å²) in [6.45, 7) is 4.43. The lowest BCUT2D eigenvalue weighted by atomic mass is 10.1. The standard InChI is InChI=1S/C20H20N4OS2/c1-2-9-24-19(17-8-5-10-26-17)22-23-20(24)27-13-18(25)21-16-11-14-6-3-4-7-15(14)12-16/h2-8,10,16H,1,9,11-13H2,(H,21,25). The molecular formula is C20H20N4OS2. The first-order chi connectivity index (χ1) is 13.2. The number of fused-ring (bicyclic) bond motifs is 1. The lowest BCUT2D eigenvalue weighted by Gasteiger charge is -2.12. The van der Waals surface area contributed by atoms with E-state index >= 15 is 0 Å². The molecule has 1 aromatic carbocycles. The maximum absolute atomic E-state index is 12.4. The van der Waals surface area contributed by atoms with Gasteiger partial charge in [-0.15, -0.1) is 28.1 Å². The highest BCUT2D eigenvalue weighted by atomic mass is 32.2. The third kappa shape index (κ3) is 3.99. The van der Waals surface area contributed by atoms with Gasteiger partial charge in [0.15, 0.2) is 11.0 Å². The van der Waals surface area contributed by atoms with Gasteiger partial charge in [-0.25, -0.2) is 0 Å². The second kappa shape index (κ2) is 8.10. The van der Waals surface area contributed by atoms with Gasteiger partial charge in [0.05, 0.1) is 10.6 Å². The molecule has 138 valence electrons. The van der Waals surface area contributed by atoms with E-state index in [9.17, 15) is 4.79 Å². The van der Waals surface area contributed by atoms with Crippen LogP contribution in [-0.4, -0.2) is 32.5 Å². The average Bonchev–Trinajstić information content (AvgIpc) is 3.39. The number of nitrogens with zero attached hydrogens (tertiary/aromatic N) is 3. The molecule has 3 aromatic rings. The van der Waals surface area contributed by atoms with Crippen LogP contribution in [0.1, 0.15) is 11.1 Å². The number of hydrogen-bond acceptors (Lipinski definition) is 5. The highest BCUT2D eigenvalue weighted by molar-refractivity contribution is 7.99. The van der Waals surface area contributed by atoms with Crippen molar-refractivity contribution in [2.24, 2.45) is 0 Å². The number of thioether (sulfide) groups is 1. The Morgan fingerprint density at radius 2 is 2.04 bits per heavy atom. The van der Waals surface area contributed by atoms with Gasteiger partial charge in [-0.05, 0) is 35.4 Å². The molecule has 0 bridgehead atoms. The number of allylic oxidation sites excluding steroid dienone is 1. The molecule has 0 spiro atoms. The number of carbonyl (C=O) groups excluding carboxylic acids is 1. The summed E-state index contributed by atoms with van der Waals surface area (Å²) in [5.41, 5.74) is 2.67. The topological polar surface area (TPSA) is 59.8 Å². The smallest absolute Gasteiger partial charge is 0.230 e. The minimum Gasteiger partial charge on any atom is -0.352 e. The van der Waals surface area contributed by atoms with E-state index in [4.69, 9.17) is 0 Å². The van der Waals surface area contributed by atoms with Crippen molar-refractivity contribution in [2.45, 2.75) is 30.6 Å². The van der Waals surface area contributed by atoms with Crippen molar-refractivity contribution < 1.29 is 4.79 Å². The fraction of sp³-hybridized carbons (Fsp3) is 0.250. The van der Waals surface area contributed by atoms with Crippen LogP contribution in [0.25, 0.3) is 10.7 Å². The van der Waals surface area contributed by atoms with Crippen molar-refractivity contribution in [3.8, 4) is 10.7 Å². The molecule has 2 aromatic heterocycles. The van der Waals surface area contributed by atoms with E-state index in [0.29, 0.717) is 12.3 Å². The molecule has 1 amide bonds. The van der Waals surface area contributed by atoms with Gasteiger partial charge in [-0.3, -0.25) is 9.36 Å². The van der Waals surface area contributed by atoms with E-state index in [2.05, 4.69) is 46.4 Å². The zero-order valence-corrected chi connectivity index (χ0v) is 16.4. The zero-order valence-electron chi connectivity index (χ0n) is 14.8. The summed E-state index contributed by atoms with van der Waals surface area (Å²) in [7, 11) is 0. The molecule has 0 atom stereocenters. The van der Waals surface area contributed by atoms with Gasteiger partial charge in [0, 0.05) is 12.6 Å².